The van der Waals surface area contributed by atoms with Crippen LogP contribution in [0.25, 0.3) is 0 Å². The molecule has 1 aromatic carbocycles. The number of fused-ring (bicyclic) bond motifs is 1. The first-order chi connectivity index (χ1) is 27.8. The maximum absolute atomic E-state index is 13.5. The van der Waals surface area contributed by atoms with E-state index in [9.17, 15) is 46.3 Å². The quantitative estimate of drug-likeness (QED) is 0.0388. The van der Waals surface area contributed by atoms with Crippen LogP contribution < -0.4 is 21.1 Å². The average Bonchev–Trinajstić information content (AvgIpc) is 3.81. The first-order valence-corrected chi connectivity index (χ1v) is 21.4. The molecule has 4 rings (SSSR count). The number of nitrogens with zero attached hydrogens (tertiary/aromatic N) is 1. The predicted molar refractivity (Wildman–Crippen MR) is 235 cm³/mol. The van der Waals surface area contributed by atoms with Gasteiger partial charge in [0.15, 0.2) is 17.5 Å². The topological polar surface area (TPSA) is 174 Å². The lowest BCUT2D eigenvalue weighted by Gasteiger charge is -2.30. The lowest BCUT2D eigenvalue weighted by atomic mass is 9.85. The van der Waals surface area contributed by atoms with E-state index in [2.05, 4.69) is 42.1 Å². The van der Waals surface area contributed by atoms with Crippen LogP contribution in [0.15, 0.2) is 0 Å². The highest BCUT2D eigenvalue weighted by molar-refractivity contribution is 8.00. The Bertz CT molecular complexity index is 1740. The molecule has 4 atom stereocenters. The van der Waals surface area contributed by atoms with Gasteiger partial charge in [-0.2, -0.15) is 16.2 Å². The van der Waals surface area contributed by atoms with Crippen molar-refractivity contribution in [1.29, 1.82) is 0 Å². The summed E-state index contributed by atoms with van der Waals surface area (Å²) in [5.74, 6) is -6.73. The number of esters is 1. The summed E-state index contributed by atoms with van der Waals surface area (Å²) in [6.07, 6.45) is 5.30. The molecule has 1 aromatic rings. The van der Waals surface area contributed by atoms with Crippen molar-refractivity contribution in [1.82, 2.24) is 15.7 Å². The van der Waals surface area contributed by atoms with Crippen LogP contribution in [0.5, 0.6) is 5.75 Å². The number of hydrogen-bond acceptors (Lipinski definition) is 10. The van der Waals surface area contributed by atoms with Crippen LogP contribution in [0.2, 0.25) is 0 Å². The number of urea groups is 1. The third kappa shape index (κ3) is 19.5. The van der Waals surface area contributed by atoms with Crippen molar-refractivity contribution >= 4 is 47.3 Å². The van der Waals surface area contributed by atoms with Gasteiger partial charge in [-0.3, -0.25) is 19.2 Å². The number of hydroxylamine groups is 2. The lowest BCUT2D eigenvalue weighted by molar-refractivity contribution is -0.203. The standard InChI is InChI=1S/C12H12F4O2.C9H16N2OS.C9H13NO4.C7H15NO.C6H10.C2H6/c1-5-6(13)8(15)9(16)10(7(5)14)18-11(17)12(2,3)4;1-9(2,3)7-6-5(4-13-7)10-8(12)11-6;1-9(2,3)8(13)14-10-6(11)4-5-7(10)12;1-5(9)6(8)7(2,3)4;1-5-6(2,3)4;1-2/h1-4H3;5-7H,4H2,1-3H3,(H2,10,11,12);4-5H2,1-3H3;6H,8H2,1-4H3;1H,2-4H3;1-2H3. The number of Topliss-reactive ketones (excluding diaryl/α,β-unsaturated/α-hetero) is 1. The van der Waals surface area contributed by atoms with E-state index in [1.807, 2.05) is 67.2 Å². The molecule has 0 aromatic heterocycles. The summed E-state index contributed by atoms with van der Waals surface area (Å²) in [5.41, 5.74) is 3.30. The molecule has 0 saturated carbocycles. The third-order valence-electron chi connectivity index (χ3n) is 8.53. The smallest absolute Gasteiger partial charge is 0.338 e. The van der Waals surface area contributed by atoms with Crippen molar-refractivity contribution in [2.24, 2.45) is 32.8 Å². The van der Waals surface area contributed by atoms with Crippen LogP contribution in [0.4, 0.5) is 22.4 Å². The molecular weight excluding hydrogens is 833 g/mol. The normalized spacial score (nSPS) is 18.7. The Kier molecular flexibility index (Phi) is 23.2. The number of nitrogens with one attached hydrogen (secondary N) is 2. The summed E-state index contributed by atoms with van der Waals surface area (Å²) in [5, 5.41) is 7.05. The van der Waals surface area contributed by atoms with Gasteiger partial charge >= 0.3 is 18.0 Å². The van der Waals surface area contributed by atoms with Gasteiger partial charge in [0.25, 0.3) is 11.8 Å². The van der Waals surface area contributed by atoms with Gasteiger partial charge in [-0.1, -0.05) is 55.4 Å². The molecular formula is C45H72F4N4O8S. The highest BCUT2D eigenvalue weighted by Crippen LogP contribution is 2.40. The number of rotatable bonds is 3. The van der Waals surface area contributed by atoms with Gasteiger partial charge in [0.2, 0.25) is 11.6 Å². The van der Waals surface area contributed by atoms with E-state index in [0.29, 0.717) is 22.4 Å². The minimum atomic E-state index is -1.87. The summed E-state index contributed by atoms with van der Waals surface area (Å²) < 4.78 is 57.4. The Morgan fingerprint density at radius 1 is 0.774 bits per heavy atom. The van der Waals surface area contributed by atoms with E-state index >= 15 is 0 Å². The Labute approximate surface area is 371 Å². The second kappa shape index (κ2) is 24.0. The number of ketones is 1. The number of halogens is 4. The van der Waals surface area contributed by atoms with Gasteiger partial charge in [0, 0.05) is 34.8 Å². The number of terminal acetylenes is 1. The SMILES string of the molecule is C#CC(C)(C)C.CC.CC(=O)C(N)C(C)(C)C.CC(C)(C)C(=O)ON1C(=O)CCC1=O.CC(C)(C)C1SCC2NC(=O)NC21.Cc1c(F)c(F)c(F)c(OC(=O)C(C)(C)C)c1F. The average molecular weight is 905 g/mol. The van der Waals surface area contributed by atoms with Crippen LogP contribution in [-0.2, 0) is 28.8 Å². The summed E-state index contributed by atoms with van der Waals surface area (Å²) in [6.45, 7) is 34.4. The molecule has 4 N–H and O–H groups in total. The maximum Gasteiger partial charge on any atom is 0.338 e. The van der Waals surface area contributed by atoms with Crippen LogP contribution in [-0.4, -0.2) is 69.8 Å². The number of ether oxygens (including phenoxy) is 1. The van der Waals surface area contributed by atoms with Crippen LogP contribution in [0.1, 0.15) is 143 Å². The minimum Gasteiger partial charge on any atom is -0.420 e. The molecule has 0 bridgehead atoms. The molecule has 3 aliphatic rings. The van der Waals surface area contributed by atoms with E-state index in [4.69, 9.17) is 17.0 Å². The fraction of sp³-hybridized carbons (Fsp3) is 0.689. The van der Waals surface area contributed by atoms with E-state index < -0.39 is 69.2 Å². The van der Waals surface area contributed by atoms with E-state index in [1.54, 1.807) is 20.8 Å². The van der Waals surface area contributed by atoms with Gasteiger partial charge < -0.3 is 25.9 Å². The number of hydrogen-bond donors (Lipinski definition) is 3. The second-order valence-corrected chi connectivity index (χ2v) is 21.0. The van der Waals surface area contributed by atoms with Crippen LogP contribution in [0, 0.1) is 69.6 Å². The summed E-state index contributed by atoms with van der Waals surface area (Å²) >= 11 is 1.97. The van der Waals surface area contributed by atoms with Crippen molar-refractivity contribution in [2.45, 2.75) is 168 Å². The third-order valence-corrected chi connectivity index (χ3v) is 10.4. The number of nitrogens with two attached hydrogens (primary N) is 1. The zero-order chi connectivity index (χ0) is 49.7. The first kappa shape index (κ1) is 59.9. The number of benzene rings is 1. The molecule has 3 heterocycles. The van der Waals surface area contributed by atoms with Gasteiger partial charge in [0.1, 0.15) is 5.78 Å². The molecule has 4 amide bonds. The minimum absolute atomic E-state index is 0.00421. The molecule has 0 aliphatic carbocycles. The van der Waals surface area contributed by atoms with Gasteiger partial charge in [-0.15, -0.1) is 17.4 Å². The van der Waals surface area contributed by atoms with E-state index in [1.165, 1.54) is 27.7 Å². The summed E-state index contributed by atoms with van der Waals surface area (Å²) in [4.78, 5) is 71.4. The number of amides is 4. The largest absolute Gasteiger partial charge is 0.420 e. The van der Waals surface area contributed by atoms with E-state index in [-0.39, 0.29) is 46.9 Å². The zero-order valence-electron chi connectivity index (χ0n) is 40.2. The molecule has 4 unspecified atom stereocenters. The fourth-order valence-corrected chi connectivity index (χ4v) is 6.30. The van der Waals surface area contributed by atoms with Gasteiger partial charge in [-0.25, -0.2) is 22.8 Å². The molecule has 3 aliphatic heterocycles. The molecule has 0 radical (unpaired) electrons. The number of thioether (sulfide) groups is 1. The summed E-state index contributed by atoms with van der Waals surface area (Å²) in [6, 6.07) is 0.362. The monoisotopic (exact) mass is 905 g/mol. The van der Waals surface area contributed by atoms with Crippen molar-refractivity contribution in [3.8, 4) is 18.1 Å². The van der Waals surface area contributed by atoms with Gasteiger partial charge in [0.05, 0.1) is 29.0 Å². The molecule has 3 saturated heterocycles. The summed E-state index contributed by atoms with van der Waals surface area (Å²) in [7, 11) is 0. The highest BCUT2D eigenvalue weighted by atomic mass is 32.2. The number of imide groups is 1. The Balaban J connectivity index is 0. The molecule has 354 valence electrons. The first-order valence-electron chi connectivity index (χ1n) is 20.3. The Morgan fingerprint density at radius 2 is 1.21 bits per heavy atom. The van der Waals surface area contributed by atoms with Crippen molar-refractivity contribution in [3.05, 3.63) is 28.8 Å². The van der Waals surface area contributed by atoms with Crippen molar-refractivity contribution in [2.75, 3.05) is 5.75 Å². The van der Waals surface area contributed by atoms with E-state index in [0.717, 1.165) is 12.7 Å². The number of carbonyl (C=O) groups is 6. The zero-order valence-corrected chi connectivity index (χ0v) is 41.0. The maximum atomic E-state index is 13.5. The number of carbonyl (C=O) groups excluding carboxylic acids is 6. The molecule has 62 heavy (non-hydrogen) atoms. The van der Waals surface area contributed by atoms with Crippen LogP contribution in [0.3, 0.4) is 0 Å². The predicted octanol–water partition coefficient (Wildman–Crippen LogP) is 8.98. The highest BCUT2D eigenvalue weighted by Gasteiger charge is 2.47. The van der Waals surface area contributed by atoms with Crippen molar-refractivity contribution < 1.29 is 55.9 Å². The second-order valence-electron chi connectivity index (χ2n) is 19.8. The molecule has 17 heteroatoms. The van der Waals surface area contributed by atoms with Crippen molar-refractivity contribution in [3.63, 3.8) is 0 Å². The molecule has 0 spiro atoms. The molecule has 3 fully saturated rings. The Morgan fingerprint density at radius 3 is 1.55 bits per heavy atom. The van der Waals surface area contributed by atoms with Gasteiger partial charge in [-0.05, 0) is 87.0 Å². The lowest BCUT2D eigenvalue weighted by Crippen LogP contribution is -2.42. The fourth-order valence-electron chi connectivity index (χ4n) is 4.63. The Hall–Kier alpha value is -4.17. The molecule has 12 nitrogen and oxygen atoms in total. The van der Waals surface area contributed by atoms with Crippen LogP contribution >= 0.6 is 11.8 Å².